The van der Waals surface area contributed by atoms with Crippen molar-refractivity contribution in [3.8, 4) is 17.2 Å². The summed E-state index contributed by atoms with van der Waals surface area (Å²) in [6.07, 6.45) is 1.73. The minimum Gasteiger partial charge on any atom is -0.507 e. The van der Waals surface area contributed by atoms with Gasteiger partial charge in [0.05, 0.1) is 17.7 Å². The number of aromatic hydroxyl groups is 1. The SMILES string of the molecule is CC(=O)c1ccc2c(c1O)C(c1ccccc1OCc1ccccn1)CC(=O)O2. The van der Waals surface area contributed by atoms with Crippen LogP contribution in [0, 0.1) is 0 Å². The van der Waals surface area contributed by atoms with Gasteiger partial charge in [-0.1, -0.05) is 24.3 Å². The average molecular weight is 389 g/mol. The molecule has 0 radical (unpaired) electrons. The fraction of sp³-hybridized carbons (Fsp3) is 0.174. The molecule has 1 aromatic heterocycles. The maximum absolute atomic E-state index is 12.2. The van der Waals surface area contributed by atoms with Crippen molar-refractivity contribution in [1.82, 2.24) is 4.98 Å². The van der Waals surface area contributed by atoms with E-state index in [9.17, 15) is 14.7 Å². The number of carbonyl (C=O) groups excluding carboxylic acids is 2. The molecule has 6 nitrogen and oxygen atoms in total. The molecule has 3 aromatic rings. The van der Waals surface area contributed by atoms with Crippen molar-refractivity contribution in [3.05, 3.63) is 83.2 Å². The molecule has 0 bridgehead atoms. The lowest BCUT2D eigenvalue weighted by molar-refractivity contribution is -0.135. The van der Waals surface area contributed by atoms with Gasteiger partial charge in [-0.2, -0.15) is 0 Å². The van der Waals surface area contributed by atoms with Crippen molar-refractivity contribution in [2.75, 3.05) is 0 Å². The molecule has 1 aliphatic rings. The number of aromatic nitrogens is 1. The van der Waals surface area contributed by atoms with Crippen LogP contribution in [0.2, 0.25) is 0 Å². The van der Waals surface area contributed by atoms with Crippen LogP contribution in [0.5, 0.6) is 17.2 Å². The van der Waals surface area contributed by atoms with Crippen LogP contribution < -0.4 is 9.47 Å². The average Bonchev–Trinajstić information content (AvgIpc) is 2.72. The number of esters is 1. The number of para-hydroxylation sites is 1. The Morgan fingerprint density at radius 1 is 1.17 bits per heavy atom. The third-order valence-electron chi connectivity index (χ3n) is 4.90. The summed E-state index contributed by atoms with van der Waals surface area (Å²) < 4.78 is 11.3. The molecule has 1 aliphatic heterocycles. The number of ether oxygens (including phenoxy) is 2. The van der Waals surface area contributed by atoms with E-state index in [1.165, 1.54) is 13.0 Å². The highest BCUT2D eigenvalue weighted by atomic mass is 16.5. The predicted octanol–water partition coefficient (Wildman–Crippen LogP) is 4.01. The van der Waals surface area contributed by atoms with E-state index in [-0.39, 0.29) is 35.9 Å². The van der Waals surface area contributed by atoms with E-state index in [1.807, 2.05) is 42.5 Å². The van der Waals surface area contributed by atoms with Gasteiger partial charge >= 0.3 is 5.97 Å². The lowest BCUT2D eigenvalue weighted by Gasteiger charge is -2.27. The number of pyridine rings is 1. The summed E-state index contributed by atoms with van der Waals surface area (Å²) in [5.41, 5.74) is 2.12. The van der Waals surface area contributed by atoms with E-state index in [1.54, 1.807) is 12.3 Å². The molecule has 0 amide bonds. The smallest absolute Gasteiger partial charge is 0.312 e. The third-order valence-corrected chi connectivity index (χ3v) is 4.90. The summed E-state index contributed by atoms with van der Waals surface area (Å²) >= 11 is 0. The number of carbonyl (C=O) groups is 2. The summed E-state index contributed by atoms with van der Waals surface area (Å²) in [7, 11) is 0. The summed E-state index contributed by atoms with van der Waals surface area (Å²) in [5.74, 6) is -0.486. The topological polar surface area (TPSA) is 85.7 Å². The first-order valence-corrected chi connectivity index (χ1v) is 9.23. The van der Waals surface area contributed by atoms with Gasteiger partial charge in [-0.3, -0.25) is 14.6 Å². The van der Waals surface area contributed by atoms with Crippen LogP contribution in [0.15, 0.2) is 60.8 Å². The zero-order valence-electron chi connectivity index (χ0n) is 15.8. The highest BCUT2D eigenvalue weighted by Crippen LogP contribution is 2.47. The van der Waals surface area contributed by atoms with Gasteiger partial charge in [0.2, 0.25) is 0 Å². The number of phenolic OH excluding ortho intramolecular Hbond substituents is 1. The van der Waals surface area contributed by atoms with Gasteiger partial charge in [-0.25, -0.2) is 0 Å². The number of ketones is 1. The molecule has 0 spiro atoms. The second-order valence-electron chi connectivity index (χ2n) is 6.81. The second kappa shape index (κ2) is 7.75. The van der Waals surface area contributed by atoms with Gasteiger partial charge in [-0.05, 0) is 37.3 Å². The Morgan fingerprint density at radius 2 is 1.97 bits per heavy atom. The summed E-state index contributed by atoms with van der Waals surface area (Å²) in [5, 5.41) is 10.8. The van der Waals surface area contributed by atoms with Crippen molar-refractivity contribution in [2.45, 2.75) is 25.9 Å². The fourth-order valence-electron chi connectivity index (χ4n) is 3.53. The van der Waals surface area contributed by atoms with Crippen molar-refractivity contribution in [2.24, 2.45) is 0 Å². The highest BCUT2D eigenvalue weighted by Gasteiger charge is 2.34. The molecule has 0 saturated heterocycles. The Balaban J connectivity index is 1.75. The predicted molar refractivity (Wildman–Crippen MR) is 105 cm³/mol. The number of phenols is 1. The number of hydrogen-bond donors (Lipinski definition) is 1. The molecule has 6 heteroatoms. The first kappa shape index (κ1) is 18.7. The molecule has 1 unspecified atom stereocenters. The standard InChI is InChI=1S/C23H19NO5/c1-14(25)16-9-10-20-22(23(16)27)18(12-21(26)29-20)17-7-2-3-8-19(17)28-13-15-6-4-5-11-24-15/h2-11,18,27H,12-13H2,1H3. The Hall–Kier alpha value is -3.67. The molecule has 0 aliphatic carbocycles. The second-order valence-corrected chi connectivity index (χ2v) is 6.81. The van der Waals surface area contributed by atoms with Crippen molar-refractivity contribution < 1.29 is 24.2 Å². The summed E-state index contributed by atoms with van der Waals surface area (Å²) in [4.78, 5) is 28.3. The van der Waals surface area contributed by atoms with E-state index in [4.69, 9.17) is 9.47 Å². The normalized spacial score (nSPS) is 15.3. The maximum atomic E-state index is 12.2. The number of hydrogen-bond acceptors (Lipinski definition) is 6. The van der Waals surface area contributed by atoms with E-state index >= 15 is 0 Å². The van der Waals surface area contributed by atoms with Crippen molar-refractivity contribution >= 4 is 11.8 Å². The van der Waals surface area contributed by atoms with Crippen molar-refractivity contribution in [1.29, 1.82) is 0 Å². The van der Waals surface area contributed by atoms with Crippen LogP contribution in [-0.2, 0) is 11.4 Å². The first-order chi connectivity index (χ1) is 14.0. The van der Waals surface area contributed by atoms with Gasteiger partial charge < -0.3 is 14.6 Å². The maximum Gasteiger partial charge on any atom is 0.312 e. The molecule has 4 rings (SSSR count). The molecule has 1 N–H and O–H groups in total. The highest BCUT2D eigenvalue weighted by molar-refractivity contribution is 5.98. The van der Waals surface area contributed by atoms with Crippen LogP contribution in [0.3, 0.4) is 0 Å². The third kappa shape index (κ3) is 3.69. The lowest BCUT2D eigenvalue weighted by Crippen LogP contribution is -2.22. The molecule has 0 fully saturated rings. The fourth-order valence-corrected chi connectivity index (χ4v) is 3.53. The number of fused-ring (bicyclic) bond motifs is 1. The van der Waals surface area contributed by atoms with Crippen LogP contribution in [0.25, 0.3) is 0 Å². The van der Waals surface area contributed by atoms with Crippen LogP contribution in [-0.4, -0.2) is 21.8 Å². The monoisotopic (exact) mass is 389 g/mol. The number of Topliss-reactive ketones (excluding diaryl/α,β-unsaturated/α-hetero) is 1. The zero-order valence-corrected chi connectivity index (χ0v) is 15.8. The molecular formula is C23H19NO5. The summed E-state index contributed by atoms with van der Waals surface area (Å²) in [6.45, 7) is 1.65. The number of nitrogens with zero attached hydrogens (tertiary/aromatic N) is 1. The Morgan fingerprint density at radius 3 is 2.72 bits per heavy atom. The first-order valence-electron chi connectivity index (χ1n) is 9.23. The molecule has 0 saturated carbocycles. The number of rotatable bonds is 5. The molecule has 29 heavy (non-hydrogen) atoms. The van der Waals surface area contributed by atoms with Gasteiger partial charge in [0.1, 0.15) is 23.9 Å². The van der Waals surface area contributed by atoms with Gasteiger partial charge in [-0.15, -0.1) is 0 Å². The minimum atomic E-state index is -0.495. The van der Waals surface area contributed by atoms with Crippen molar-refractivity contribution in [3.63, 3.8) is 0 Å². The van der Waals surface area contributed by atoms with Crippen LogP contribution in [0.4, 0.5) is 0 Å². The molecule has 1 atom stereocenters. The minimum absolute atomic E-state index is 0.0336. The Kier molecular flexibility index (Phi) is 4.99. The van der Waals surface area contributed by atoms with E-state index < -0.39 is 11.9 Å². The molecule has 2 heterocycles. The summed E-state index contributed by atoms with van der Waals surface area (Å²) in [6, 6.07) is 15.9. The Labute approximate surface area is 167 Å². The lowest BCUT2D eigenvalue weighted by atomic mass is 9.84. The van der Waals surface area contributed by atoms with E-state index in [0.717, 1.165) is 11.3 Å². The molecular weight excluding hydrogens is 370 g/mol. The Bertz CT molecular complexity index is 1080. The quantitative estimate of drug-likeness (QED) is 0.403. The van der Waals surface area contributed by atoms with E-state index in [2.05, 4.69) is 4.98 Å². The number of benzene rings is 2. The van der Waals surface area contributed by atoms with Gasteiger partial charge in [0, 0.05) is 23.2 Å². The van der Waals surface area contributed by atoms with Crippen LogP contribution in [0.1, 0.15) is 46.4 Å². The zero-order chi connectivity index (χ0) is 20.4. The van der Waals surface area contributed by atoms with Gasteiger partial charge in [0.25, 0.3) is 0 Å². The molecule has 146 valence electrons. The van der Waals surface area contributed by atoms with Crippen LogP contribution >= 0.6 is 0 Å². The van der Waals surface area contributed by atoms with E-state index in [0.29, 0.717) is 11.3 Å². The molecule has 2 aromatic carbocycles. The largest absolute Gasteiger partial charge is 0.507 e. The van der Waals surface area contributed by atoms with Gasteiger partial charge in [0.15, 0.2) is 5.78 Å².